The van der Waals surface area contributed by atoms with Crippen LogP contribution < -0.4 is 0 Å². The van der Waals surface area contributed by atoms with Gasteiger partial charge in [0.15, 0.2) is 0 Å². The van der Waals surface area contributed by atoms with Gasteiger partial charge in [-0.3, -0.25) is 0 Å². The lowest BCUT2D eigenvalue weighted by Gasteiger charge is -1.92. The molecule has 0 amide bonds. The molecule has 1 unspecified atom stereocenters. The van der Waals surface area contributed by atoms with Gasteiger partial charge in [0.1, 0.15) is 11.7 Å². The van der Waals surface area contributed by atoms with E-state index in [2.05, 4.69) is 6.07 Å². The minimum Gasteiger partial charge on any atom is -0.468 e. The predicted octanol–water partition coefficient (Wildman–Crippen LogP) is 1.91. The highest BCUT2D eigenvalue weighted by molar-refractivity contribution is 5.11. The monoisotopic (exact) mass is 121 g/mol. The first-order valence-electron chi connectivity index (χ1n) is 2.77. The van der Waals surface area contributed by atoms with Gasteiger partial charge in [0.2, 0.25) is 0 Å². The van der Waals surface area contributed by atoms with Crippen LogP contribution in [0.4, 0.5) is 0 Å². The third kappa shape index (κ3) is 1.11. The normalized spacial score (nSPS) is 12.4. The molecule has 0 N–H and O–H groups in total. The van der Waals surface area contributed by atoms with Crippen LogP contribution in [0.15, 0.2) is 22.8 Å². The van der Waals surface area contributed by atoms with Gasteiger partial charge < -0.3 is 4.42 Å². The summed E-state index contributed by atoms with van der Waals surface area (Å²) >= 11 is 0. The van der Waals surface area contributed by atoms with Crippen molar-refractivity contribution >= 4 is 0 Å². The minimum absolute atomic E-state index is 0.125. The summed E-state index contributed by atoms with van der Waals surface area (Å²) in [5.74, 6) is 0.609. The van der Waals surface area contributed by atoms with Crippen LogP contribution in [0.2, 0.25) is 0 Å². The van der Waals surface area contributed by atoms with Crippen LogP contribution in [0, 0.1) is 11.3 Å². The van der Waals surface area contributed by atoms with Gasteiger partial charge in [-0.05, 0) is 19.1 Å². The molecule has 0 spiro atoms. The summed E-state index contributed by atoms with van der Waals surface area (Å²) in [5, 5.41) is 8.40. The SMILES string of the molecule is CC(C#N)c1ccco1. The molecule has 1 aromatic heterocycles. The third-order valence-electron chi connectivity index (χ3n) is 1.16. The Labute approximate surface area is 53.7 Å². The van der Waals surface area contributed by atoms with Gasteiger partial charge in [0.05, 0.1) is 12.3 Å². The van der Waals surface area contributed by atoms with Gasteiger partial charge in [-0.15, -0.1) is 0 Å². The van der Waals surface area contributed by atoms with E-state index in [1.807, 2.05) is 0 Å². The fourth-order valence-electron chi connectivity index (χ4n) is 0.601. The maximum Gasteiger partial charge on any atom is 0.120 e. The second-order valence-corrected chi connectivity index (χ2v) is 1.87. The molecule has 0 radical (unpaired) electrons. The molecule has 1 atom stereocenters. The number of nitrogens with zero attached hydrogens (tertiary/aromatic N) is 1. The van der Waals surface area contributed by atoms with Crippen molar-refractivity contribution in [2.45, 2.75) is 12.8 Å². The van der Waals surface area contributed by atoms with Crippen LogP contribution in [0.3, 0.4) is 0 Å². The van der Waals surface area contributed by atoms with Crippen LogP contribution in [-0.2, 0) is 0 Å². The summed E-state index contributed by atoms with van der Waals surface area (Å²) in [7, 11) is 0. The van der Waals surface area contributed by atoms with Crippen molar-refractivity contribution in [3.8, 4) is 6.07 Å². The maximum absolute atomic E-state index is 8.40. The van der Waals surface area contributed by atoms with Crippen molar-refractivity contribution in [2.75, 3.05) is 0 Å². The van der Waals surface area contributed by atoms with Crippen LogP contribution in [0.5, 0.6) is 0 Å². The summed E-state index contributed by atoms with van der Waals surface area (Å²) in [6.45, 7) is 1.80. The average Bonchev–Trinajstić information content (AvgIpc) is 2.37. The van der Waals surface area contributed by atoms with Crippen molar-refractivity contribution in [3.63, 3.8) is 0 Å². The van der Waals surface area contributed by atoms with Gasteiger partial charge in [0, 0.05) is 0 Å². The van der Waals surface area contributed by atoms with Crippen molar-refractivity contribution in [3.05, 3.63) is 24.2 Å². The highest BCUT2D eigenvalue weighted by Gasteiger charge is 2.03. The number of nitriles is 1. The molecule has 46 valence electrons. The van der Waals surface area contributed by atoms with E-state index in [1.54, 1.807) is 25.3 Å². The van der Waals surface area contributed by atoms with Crippen molar-refractivity contribution in [1.82, 2.24) is 0 Å². The molecule has 9 heavy (non-hydrogen) atoms. The number of furan rings is 1. The molecule has 2 nitrogen and oxygen atoms in total. The molecule has 0 saturated carbocycles. The lowest BCUT2D eigenvalue weighted by atomic mass is 10.1. The minimum atomic E-state index is -0.125. The van der Waals surface area contributed by atoms with Crippen molar-refractivity contribution in [2.24, 2.45) is 0 Å². The average molecular weight is 121 g/mol. The topological polar surface area (TPSA) is 36.9 Å². The van der Waals surface area contributed by atoms with Gasteiger partial charge >= 0.3 is 0 Å². The van der Waals surface area contributed by atoms with E-state index in [4.69, 9.17) is 9.68 Å². The quantitative estimate of drug-likeness (QED) is 0.569. The van der Waals surface area contributed by atoms with Crippen LogP contribution >= 0.6 is 0 Å². The standard InChI is InChI=1S/C7H7NO/c1-6(5-8)7-3-2-4-9-7/h2-4,6H,1H3. The molecule has 0 bridgehead atoms. The van der Waals surface area contributed by atoms with Gasteiger partial charge in [-0.2, -0.15) is 5.26 Å². The van der Waals surface area contributed by atoms with Crippen molar-refractivity contribution < 1.29 is 4.42 Å². The second-order valence-electron chi connectivity index (χ2n) is 1.87. The largest absolute Gasteiger partial charge is 0.468 e. The molecule has 0 aliphatic heterocycles. The molecule has 0 aromatic carbocycles. The number of hydrogen-bond donors (Lipinski definition) is 0. The fraction of sp³-hybridized carbons (Fsp3) is 0.286. The summed E-state index contributed by atoms with van der Waals surface area (Å²) in [6, 6.07) is 5.65. The van der Waals surface area contributed by atoms with Gasteiger partial charge in [0.25, 0.3) is 0 Å². The highest BCUT2D eigenvalue weighted by Crippen LogP contribution is 2.12. The Bertz CT molecular complexity index is 207. The molecular weight excluding hydrogens is 114 g/mol. The third-order valence-corrected chi connectivity index (χ3v) is 1.16. The Morgan fingerprint density at radius 1 is 1.78 bits per heavy atom. The maximum atomic E-state index is 8.40. The molecule has 0 saturated heterocycles. The van der Waals surface area contributed by atoms with Crippen molar-refractivity contribution in [1.29, 1.82) is 5.26 Å². The fourth-order valence-corrected chi connectivity index (χ4v) is 0.601. The van der Waals surface area contributed by atoms with Gasteiger partial charge in [-0.1, -0.05) is 0 Å². The number of hydrogen-bond acceptors (Lipinski definition) is 2. The van der Waals surface area contributed by atoms with Gasteiger partial charge in [-0.25, -0.2) is 0 Å². The Morgan fingerprint density at radius 2 is 2.56 bits per heavy atom. The Balaban J connectivity index is 2.80. The first-order valence-corrected chi connectivity index (χ1v) is 2.77. The van der Waals surface area contributed by atoms with Crippen LogP contribution in [-0.4, -0.2) is 0 Å². The van der Waals surface area contributed by atoms with E-state index < -0.39 is 0 Å². The Morgan fingerprint density at radius 3 is 3.00 bits per heavy atom. The van der Waals surface area contributed by atoms with E-state index >= 15 is 0 Å². The van der Waals surface area contributed by atoms with Crippen LogP contribution in [0.25, 0.3) is 0 Å². The molecule has 0 fully saturated rings. The zero-order valence-electron chi connectivity index (χ0n) is 5.16. The molecular formula is C7H7NO. The summed E-state index contributed by atoms with van der Waals surface area (Å²) in [5.41, 5.74) is 0. The van der Waals surface area contributed by atoms with E-state index in [-0.39, 0.29) is 5.92 Å². The highest BCUT2D eigenvalue weighted by atomic mass is 16.3. The Hall–Kier alpha value is -1.23. The zero-order chi connectivity index (χ0) is 6.69. The summed E-state index contributed by atoms with van der Waals surface area (Å²) < 4.78 is 4.96. The van der Waals surface area contributed by atoms with Crippen LogP contribution in [0.1, 0.15) is 18.6 Å². The molecule has 0 aliphatic rings. The molecule has 0 aliphatic carbocycles. The zero-order valence-corrected chi connectivity index (χ0v) is 5.16. The van der Waals surface area contributed by atoms with E-state index in [1.165, 1.54) is 0 Å². The molecule has 1 heterocycles. The smallest absolute Gasteiger partial charge is 0.120 e. The lowest BCUT2D eigenvalue weighted by molar-refractivity contribution is 0.502. The first-order chi connectivity index (χ1) is 4.34. The molecule has 1 aromatic rings. The van der Waals surface area contributed by atoms with E-state index in [9.17, 15) is 0 Å². The Kier molecular flexibility index (Phi) is 1.55. The lowest BCUT2D eigenvalue weighted by Crippen LogP contribution is -1.83. The summed E-state index contributed by atoms with van der Waals surface area (Å²) in [6.07, 6.45) is 1.57. The van der Waals surface area contributed by atoms with E-state index in [0.717, 1.165) is 5.76 Å². The van der Waals surface area contributed by atoms with E-state index in [0.29, 0.717) is 0 Å². The number of rotatable bonds is 1. The first kappa shape index (κ1) is 5.90. The second kappa shape index (κ2) is 2.36. The predicted molar refractivity (Wildman–Crippen MR) is 32.7 cm³/mol. The molecule has 2 heteroatoms. The molecule has 1 rings (SSSR count). The summed E-state index contributed by atoms with van der Waals surface area (Å²) in [4.78, 5) is 0.